The number of nitrogens with one attached hydrogen (secondary N) is 2. The van der Waals surface area contributed by atoms with E-state index in [1.165, 1.54) is 28.7 Å². The number of aromatic amines is 2. The maximum atomic E-state index is 13.1. The molecule has 1 saturated heterocycles. The van der Waals surface area contributed by atoms with E-state index in [1.807, 2.05) is 6.92 Å². The van der Waals surface area contributed by atoms with Gasteiger partial charge in [0.1, 0.15) is 11.5 Å². The molecule has 0 bridgehead atoms. The van der Waals surface area contributed by atoms with Crippen LogP contribution < -0.4 is 5.56 Å². The van der Waals surface area contributed by atoms with E-state index >= 15 is 0 Å². The molecule has 1 fully saturated rings. The summed E-state index contributed by atoms with van der Waals surface area (Å²) in [6, 6.07) is 5.26. The van der Waals surface area contributed by atoms with Gasteiger partial charge >= 0.3 is 0 Å². The first-order chi connectivity index (χ1) is 14.3. The van der Waals surface area contributed by atoms with Gasteiger partial charge in [-0.25, -0.2) is 22.8 Å². The number of imidazole rings is 1. The zero-order valence-corrected chi connectivity index (χ0v) is 17.5. The highest BCUT2D eigenvalue weighted by molar-refractivity contribution is 7.89. The largest absolute Gasteiger partial charge is 0.339 e. The van der Waals surface area contributed by atoms with Crippen molar-refractivity contribution in [2.75, 3.05) is 13.1 Å². The van der Waals surface area contributed by atoms with Crippen LogP contribution in [0.3, 0.4) is 0 Å². The Morgan fingerprint density at radius 3 is 2.77 bits per heavy atom. The van der Waals surface area contributed by atoms with E-state index in [4.69, 9.17) is 11.6 Å². The van der Waals surface area contributed by atoms with Gasteiger partial charge in [0.15, 0.2) is 11.0 Å². The SMILES string of the molecule is C[C@H]1CN(S(=O)(=O)c2cc[nH]c(=O)c2)CC[C@H]1c1[nH]c(-c2ccc(F)cn2)nc1Cl. The molecule has 3 aromatic rings. The summed E-state index contributed by atoms with van der Waals surface area (Å²) in [6.07, 6.45) is 2.95. The Morgan fingerprint density at radius 1 is 1.30 bits per heavy atom. The summed E-state index contributed by atoms with van der Waals surface area (Å²) in [4.78, 5) is 25.4. The molecular weight excluding hydrogens is 433 g/mol. The number of halogens is 2. The summed E-state index contributed by atoms with van der Waals surface area (Å²) in [7, 11) is -3.77. The van der Waals surface area contributed by atoms with Crippen molar-refractivity contribution in [1.29, 1.82) is 0 Å². The normalized spacial score (nSPS) is 20.4. The van der Waals surface area contributed by atoms with Crippen molar-refractivity contribution in [1.82, 2.24) is 24.2 Å². The molecular formula is C19H19ClFN5O3S. The van der Waals surface area contributed by atoms with Crippen molar-refractivity contribution in [2.24, 2.45) is 5.92 Å². The molecule has 0 aliphatic carbocycles. The number of piperidine rings is 1. The Labute approximate surface area is 177 Å². The first-order valence-electron chi connectivity index (χ1n) is 9.32. The van der Waals surface area contributed by atoms with E-state index in [-0.39, 0.29) is 29.8 Å². The molecule has 0 unspecified atom stereocenters. The third-order valence-electron chi connectivity index (χ3n) is 5.28. The van der Waals surface area contributed by atoms with Crippen LogP contribution in [0.4, 0.5) is 4.39 Å². The van der Waals surface area contributed by atoms with Crippen molar-refractivity contribution < 1.29 is 12.8 Å². The third-order valence-corrected chi connectivity index (χ3v) is 7.43. The van der Waals surface area contributed by atoms with Gasteiger partial charge in [-0.3, -0.25) is 4.79 Å². The number of hydrogen-bond acceptors (Lipinski definition) is 5. The van der Waals surface area contributed by atoms with E-state index in [9.17, 15) is 17.6 Å². The molecule has 0 aromatic carbocycles. The zero-order chi connectivity index (χ0) is 21.5. The number of aromatic nitrogens is 4. The Morgan fingerprint density at radius 2 is 2.10 bits per heavy atom. The highest BCUT2D eigenvalue weighted by atomic mass is 35.5. The summed E-state index contributed by atoms with van der Waals surface area (Å²) in [5, 5.41) is 0.291. The lowest BCUT2D eigenvalue weighted by atomic mass is 9.86. The maximum Gasteiger partial charge on any atom is 0.249 e. The van der Waals surface area contributed by atoms with Crippen molar-refractivity contribution in [3.8, 4) is 11.5 Å². The second kappa shape index (κ2) is 7.93. The molecule has 4 heterocycles. The summed E-state index contributed by atoms with van der Waals surface area (Å²) in [6.45, 7) is 2.50. The highest BCUT2D eigenvalue weighted by Crippen LogP contribution is 2.37. The number of hydrogen-bond donors (Lipinski definition) is 2. The van der Waals surface area contributed by atoms with Gasteiger partial charge in [-0.15, -0.1) is 0 Å². The molecule has 1 aliphatic heterocycles. The minimum atomic E-state index is -3.77. The lowest BCUT2D eigenvalue weighted by molar-refractivity contribution is 0.246. The van der Waals surface area contributed by atoms with Crippen molar-refractivity contribution in [2.45, 2.75) is 24.2 Å². The van der Waals surface area contributed by atoms with Crippen LogP contribution in [0.2, 0.25) is 5.15 Å². The fourth-order valence-corrected chi connectivity index (χ4v) is 5.58. The lowest BCUT2D eigenvalue weighted by Crippen LogP contribution is -2.42. The third kappa shape index (κ3) is 3.90. The van der Waals surface area contributed by atoms with Gasteiger partial charge < -0.3 is 9.97 Å². The van der Waals surface area contributed by atoms with E-state index in [2.05, 4.69) is 19.9 Å². The van der Waals surface area contributed by atoms with Gasteiger partial charge in [-0.2, -0.15) is 4.31 Å². The molecule has 0 saturated carbocycles. The van der Waals surface area contributed by atoms with Crippen LogP contribution in [0.1, 0.15) is 25.0 Å². The van der Waals surface area contributed by atoms with Gasteiger partial charge in [-0.05, 0) is 30.5 Å². The summed E-state index contributed by atoms with van der Waals surface area (Å²) in [5.41, 5.74) is 0.704. The minimum Gasteiger partial charge on any atom is -0.339 e. The van der Waals surface area contributed by atoms with Crippen LogP contribution in [-0.2, 0) is 10.0 Å². The Kier molecular flexibility index (Phi) is 5.48. The van der Waals surface area contributed by atoms with Crippen LogP contribution in [0, 0.1) is 11.7 Å². The summed E-state index contributed by atoms with van der Waals surface area (Å²) in [5.74, 6) is -0.104. The predicted molar refractivity (Wildman–Crippen MR) is 109 cm³/mol. The van der Waals surface area contributed by atoms with Crippen LogP contribution in [0.25, 0.3) is 11.5 Å². The second-order valence-corrected chi connectivity index (χ2v) is 9.57. The topological polar surface area (TPSA) is 112 Å². The molecule has 1 aliphatic rings. The Bertz CT molecular complexity index is 1230. The van der Waals surface area contributed by atoms with Crippen molar-refractivity contribution in [3.63, 3.8) is 0 Å². The first kappa shape index (κ1) is 20.7. The van der Waals surface area contributed by atoms with Crippen LogP contribution >= 0.6 is 11.6 Å². The van der Waals surface area contributed by atoms with E-state index in [0.29, 0.717) is 28.8 Å². The predicted octanol–water partition coefficient (Wildman–Crippen LogP) is 2.77. The fourth-order valence-electron chi connectivity index (χ4n) is 3.74. The summed E-state index contributed by atoms with van der Waals surface area (Å²) < 4.78 is 40.3. The average molecular weight is 452 g/mol. The number of sulfonamides is 1. The van der Waals surface area contributed by atoms with E-state index in [0.717, 1.165) is 12.3 Å². The van der Waals surface area contributed by atoms with E-state index < -0.39 is 21.4 Å². The number of H-pyrrole nitrogens is 2. The lowest BCUT2D eigenvalue weighted by Gasteiger charge is -2.35. The maximum absolute atomic E-state index is 13.1. The minimum absolute atomic E-state index is 0.0267. The standard InChI is InChI=1S/C19H19ClFN5O3S/c1-11-10-26(30(28,29)13-4-6-22-16(27)8-13)7-5-14(11)17-18(20)25-19(24-17)15-3-2-12(21)9-23-15/h2-4,6,8-9,11,14H,5,7,10H2,1H3,(H,22,27)(H,24,25)/t11-,14+/m0/s1. The zero-order valence-electron chi connectivity index (χ0n) is 16.0. The molecule has 8 nitrogen and oxygen atoms in total. The molecule has 158 valence electrons. The number of nitrogens with zero attached hydrogens (tertiary/aromatic N) is 3. The smallest absolute Gasteiger partial charge is 0.249 e. The van der Waals surface area contributed by atoms with E-state index in [1.54, 1.807) is 0 Å². The number of rotatable bonds is 4. The molecule has 3 aromatic heterocycles. The average Bonchev–Trinajstić information content (AvgIpc) is 3.10. The van der Waals surface area contributed by atoms with Gasteiger partial charge in [-0.1, -0.05) is 18.5 Å². The van der Waals surface area contributed by atoms with Gasteiger partial charge in [0.05, 0.1) is 16.8 Å². The molecule has 0 radical (unpaired) electrons. The monoisotopic (exact) mass is 451 g/mol. The van der Waals surface area contributed by atoms with Gasteiger partial charge in [0.2, 0.25) is 15.6 Å². The molecule has 4 rings (SSSR count). The molecule has 11 heteroatoms. The molecule has 2 N–H and O–H groups in total. The summed E-state index contributed by atoms with van der Waals surface area (Å²) >= 11 is 6.35. The second-order valence-electron chi connectivity index (χ2n) is 7.28. The Balaban J connectivity index is 1.55. The van der Waals surface area contributed by atoms with Gasteiger partial charge in [0.25, 0.3) is 0 Å². The van der Waals surface area contributed by atoms with Gasteiger partial charge in [0, 0.05) is 31.3 Å². The molecule has 0 spiro atoms. The highest BCUT2D eigenvalue weighted by Gasteiger charge is 2.36. The molecule has 0 amide bonds. The van der Waals surface area contributed by atoms with Crippen LogP contribution in [0.15, 0.2) is 46.3 Å². The first-order valence-corrected chi connectivity index (χ1v) is 11.1. The van der Waals surface area contributed by atoms with Crippen molar-refractivity contribution >= 4 is 21.6 Å². The Hall–Kier alpha value is -2.56. The molecule has 2 atom stereocenters. The van der Waals surface area contributed by atoms with Crippen LogP contribution in [-0.4, -0.2) is 45.7 Å². The van der Waals surface area contributed by atoms with Crippen LogP contribution in [0.5, 0.6) is 0 Å². The van der Waals surface area contributed by atoms with Crippen molar-refractivity contribution in [3.05, 3.63) is 63.7 Å². The number of pyridine rings is 2. The fraction of sp³-hybridized carbons (Fsp3) is 0.316. The quantitative estimate of drug-likeness (QED) is 0.633. The molecule has 30 heavy (non-hydrogen) atoms.